The first-order valence-corrected chi connectivity index (χ1v) is 11.0. The summed E-state index contributed by atoms with van der Waals surface area (Å²) in [6, 6.07) is 13.7. The molecule has 1 amide bonds. The molecule has 2 aromatic heterocycles. The fraction of sp³-hybridized carbons (Fsp3) is 0.167. The van der Waals surface area contributed by atoms with Gasteiger partial charge in [0.1, 0.15) is 0 Å². The lowest BCUT2D eigenvalue weighted by molar-refractivity contribution is -0.113. The molecule has 11 heteroatoms. The molecule has 2 aromatic carbocycles. The summed E-state index contributed by atoms with van der Waals surface area (Å²) in [4.78, 5) is 12.3. The predicted molar refractivity (Wildman–Crippen MR) is 109 cm³/mol. The molecule has 0 fully saturated rings. The largest absolute Gasteiger partial charge is 0.422 e. The monoisotopic (exact) mass is 431 g/mol. The number of anilines is 1. The molecule has 0 radical (unpaired) electrons. The summed E-state index contributed by atoms with van der Waals surface area (Å²) < 4.78 is 33.3. The summed E-state index contributed by atoms with van der Waals surface area (Å²) in [5.74, 6) is 0.143. The first-order valence-electron chi connectivity index (χ1n) is 8.54. The van der Waals surface area contributed by atoms with Crippen molar-refractivity contribution in [2.75, 3.05) is 25.2 Å². The van der Waals surface area contributed by atoms with Gasteiger partial charge in [-0.25, -0.2) is 17.1 Å². The highest BCUT2D eigenvalue weighted by molar-refractivity contribution is 7.99. The summed E-state index contributed by atoms with van der Waals surface area (Å²) >= 11 is 1.18. The van der Waals surface area contributed by atoms with E-state index in [1.165, 1.54) is 38.0 Å². The number of carbonyl (C=O) groups is 1. The fourth-order valence-corrected chi connectivity index (χ4v) is 4.36. The van der Waals surface area contributed by atoms with Gasteiger partial charge in [0, 0.05) is 19.8 Å². The van der Waals surface area contributed by atoms with Crippen LogP contribution in [0.1, 0.15) is 0 Å². The van der Waals surface area contributed by atoms with Gasteiger partial charge in [0.05, 0.1) is 16.2 Å². The minimum atomic E-state index is -3.60. The van der Waals surface area contributed by atoms with Gasteiger partial charge in [0.2, 0.25) is 15.9 Å². The number of hydrogen-bond donors (Lipinski definition) is 1. The van der Waals surface area contributed by atoms with Gasteiger partial charge in [0.25, 0.3) is 0 Å². The number of benzene rings is 2. The summed E-state index contributed by atoms with van der Waals surface area (Å²) in [5, 5.41) is 11.3. The molecule has 29 heavy (non-hydrogen) atoms. The van der Waals surface area contributed by atoms with Crippen LogP contribution < -0.4 is 5.32 Å². The van der Waals surface area contributed by atoms with Crippen molar-refractivity contribution < 1.29 is 17.6 Å². The second kappa shape index (κ2) is 7.50. The molecule has 0 bridgehead atoms. The van der Waals surface area contributed by atoms with Crippen LogP contribution in [0.25, 0.3) is 16.9 Å². The van der Waals surface area contributed by atoms with E-state index in [4.69, 9.17) is 4.42 Å². The van der Waals surface area contributed by atoms with Crippen LogP contribution in [0.15, 0.2) is 63.0 Å². The Morgan fingerprint density at radius 3 is 2.66 bits per heavy atom. The highest BCUT2D eigenvalue weighted by Crippen LogP contribution is 2.28. The maximum absolute atomic E-state index is 12.4. The Labute approximate surface area is 170 Å². The second-order valence-corrected chi connectivity index (χ2v) is 9.42. The van der Waals surface area contributed by atoms with Gasteiger partial charge in [-0.2, -0.15) is 0 Å². The lowest BCUT2D eigenvalue weighted by atomic mass is 10.3. The highest BCUT2D eigenvalue weighted by atomic mass is 32.2. The Balaban J connectivity index is 1.62. The zero-order chi connectivity index (χ0) is 20.6. The first kappa shape index (κ1) is 19.4. The van der Waals surface area contributed by atoms with Gasteiger partial charge < -0.3 is 9.73 Å². The first-order chi connectivity index (χ1) is 13.9. The Hall–Kier alpha value is -2.89. The number of amides is 1. The van der Waals surface area contributed by atoms with E-state index in [1.54, 1.807) is 22.6 Å². The molecule has 0 aliphatic rings. The van der Waals surface area contributed by atoms with E-state index in [0.29, 0.717) is 21.9 Å². The van der Waals surface area contributed by atoms with Crippen molar-refractivity contribution in [3.05, 3.63) is 48.5 Å². The van der Waals surface area contributed by atoms with Gasteiger partial charge in [-0.1, -0.05) is 35.1 Å². The molecule has 1 N–H and O–H groups in total. The maximum Gasteiger partial charge on any atom is 0.328 e. The summed E-state index contributed by atoms with van der Waals surface area (Å²) in [6.07, 6.45) is 0. The van der Waals surface area contributed by atoms with Crippen molar-refractivity contribution in [2.24, 2.45) is 0 Å². The molecule has 0 saturated heterocycles. The molecule has 4 aromatic rings. The van der Waals surface area contributed by atoms with E-state index < -0.39 is 10.0 Å². The Bertz CT molecular complexity index is 1300. The van der Waals surface area contributed by atoms with Crippen LogP contribution in [0, 0.1) is 0 Å². The van der Waals surface area contributed by atoms with E-state index in [0.717, 1.165) is 4.31 Å². The van der Waals surface area contributed by atoms with E-state index in [9.17, 15) is 13.2 Å². The standard InChI is InChI=1S/C18H17N5O4S2/c1-22(2)29(25,26)13-8-9-15-14(10-13)23-17(27-15)20-21-18(23)28-11-16(24)19-12-6-4-3-5-7-12/h3-10H,11H2,1-2H3,(H,19,24). The number of fused-ring (bicyclic) bond motifs is 3. The van der Waals surface area contributed by atoms with Crippen molar-refractivity contribution in [3.63, 3.8) is 0 Å². The normalized spacial score (nSPS) is 12.1. The van der Waals surface area contributed by atoms with Crippen LogP contribution in [0.3, 0.4) is 0 Å². The molecular weight excluding hydrogens is 414 g/mol. The topological polar surface area (TPSA) is 110 Å². The number of para-hydroxylation sites is 1. The molecule has 9 nitrogen and oxygen atoms in total. The number of hydrogen-bond acceptors (Lipinski definition) is 7. The van der Waals surface area contributed by atoms with Gasteiger partial charge >= 0.3 is 5.84 Å². The maximum atomic E-state index is 12.4. The number of oxazole rings is 1. The fourth-order valence-electron chi connectivity index (χ4n) is 2.70. The molecule has 0 spiro atoms. The van der Waals surface area contributed by atoms with E-state index in [-0.39, 0.29) is 22.4 Å². The zero-order valence-corrected chi connectivity index (χ0v) is 17.2. The van der Waals surface area contributed by atoms with Crippen LogP contribution in [0.4, 0.5) is 5.69 Å². The number of thioether (sulfide) groups is 1. The Kier molecular flexibility index (Phi) is 5.03. The van der Waals surface area contributed by atoms with E-state index in [1.807, 2.05) is 18.2 Å². The van der Waals surface area contributed by atoms with Crippen molar-refractivity contribution in [3.8, 4) is 0 Å². The average molecular weight is 431 g/mol. The van der Waals surface area contributed by atoms with Crippen molar-refractivity contribution in [2.45, 2.75) is 10.1 Å². The summed E-state index contributed by atoms with van der Waals surface area (Å²) in [6.45, 7) is 0. The molecule has 0 aliphatic carbocycles. The lowest BCUT2D eigenvalue weighted by Crippen LogP contribution is -2.22. The van der Waals surface area contributed by atoms with Crippen LogP contribution >= 0.6 is 11.8 Å². The van der Waals surface area contributed by atoms with Gasteiger partial charge in [-0.15, -0.1) is 5.10 Å². The third kappa shape index (κ3) is 3.71. The Morgan fingerprint density at radius 2 is 1.93 bits per heavy atom. The number of carbonyl (C=O) groups excluding carboxylic acids is 1. The van der Waals surface area contributed by atoms with Crippen LogP contribution in [0.2, 0.25) is 0 Å². The third-order valence-electron chi connectivity index (χ3n) is 4.14. The molecule has 150 valence electrons. The highest BCUT2D eigenvalue weighted by Gasteiger charge is 2.21. The second-order valence-electron chi connectivity index (χ2n) is 6.32. The molecule has 4 rings (SSSR count). The van der Waals surface area contributed by atoms with Gasteiger partial charge in [0.15, 0.2) is 10.7 Å². The van der Waals surface area contributed by atoms with Crippen LogP contribution in [0.5, 0.6) is 0 Å². The summed E-state index contributed by atoms with van der Waals surface area (Å²) in [5.41, 5.74) is 1.69. The van der Waals surface area contributed by atoms with E-state index in [2.05, 4.69) is 15.5 Å². The molecule has 0 unspecified atom stereocenters. The van der Waals surface area contributed by atoms with Gasteiger partial charge in [-0.3, -0.25) is 4.79 Å². The molecule has 0 saturated carbocycles. The van der Waals surface area contributed by atoms with E-state index >= 15 is 0 Å². The molecule has 0 aliphatic heterocycles. The smallest absolute Gasteiger partial charge is 0.328 e. The third-order valence-corrected chi connectivity index (χ3v) is 6.88. The molecule has 0 atom stereocenters. The minimum absolute atomic E-state index is 0.109. The minimum Gasteiger partial charge on any atom is -0.422 e. The number of sulfonamides is 1. The number of nitrogens with zero attached hydrogens (tertiary/aromatic N) is 4. The molecular formula is C18H17N5O4S2. The SMILES string of the molecule is CN(C)S(=O)(=O)c1ccc2oc3nnc(SCC(=O)Nc4ccccc4)n3c2c1. The molecule has 2 heterocycles. The predicted octanol–water partition coefficient (Wildman–Crippen LogP) is 2.46. The Morgan fingerprint density at radius 1 is 1.17 bits per heavy atom. The van der Waals surface area contributed by atoms with Crippen molar-refractivity contribution >= 4 is 50.3 Å². The van der Waals surface area contributed by atoms with Crippen LogP contribution in [-0.4, -0.2) is 53.1 Å². The number of rotatable bonds is 6. The van der Waals surface area contributed by atoms with Crippen LogP contribution in [-0.2, 0) is 14.8 Å². The quantitative estimate of drug-likeness (QED) is 0.467. The van der Waals surface area contributed by atoms with Crippen molar-refractivity contribution in [1.82, 2.24) is 18.9 Å². The number of nitrogens with one attached hydrogen (secondary N) is 1. The zero-order valence-electron chi connectivity index (χ0n) is 15.6. The van der Waals surface area contributed by atoms with Gasteiger partial charge in [-0.05, 0) is 30.3 Å². The lowest BCUT2D eigenvalue weighted by Gasteiger charge is -2.10. The average Bonchev–Trinajstić information content (AvgIpc) is 3.25. The summed E-state index contributed by atoms with van der Waals surface area (Å²) in [7, 11) is -0.668. The number of aromatic nitrogens is 3. The van der Waals surface area contributed by atoms with Crippen molar-refractivity contribution in [1.29, 1.82) is 0 Å².